The largest absolute Gasteiger partial charge is 0.494 e. The highest BCUT2D eigenvalue weighted by Crippen LogP contribution is 2.26. The molecule has 2 fully saturated rings. The minimum atomic E-state index is -3.53. The molecule has 7 heteroatoms. The Bertz CT molecular complexity index is 734. The zero-order valence-corrected chi connectivity index (χ0v) is 17.5. The first-order chi connectivity index (χ1) is 13.5. The highest BCUT2D eigenvalue weighted by Gasteiger charge is 2.32. The normalized spacial score (nSPS) is 20.0. The summed E-state index contributed by atoms with van der Waals surface area (Å²) >= 11 is 0. The fourth-order valence-electron chi connectivity index (χ4n) is 4.16. The van der Waals surface area contributed by atoms with Crippen molar-refractivity contribution in [3.05, 3.63) is 24.3 Å². The van der Waals surface area contributed by atoms with E-state index in [1.165, 1.54) is 36.4 Å². The number of amides is 1. The molecule has 1 saturated heterocycles. The monoisotopic (exact) mass is 408 g/mol. The summed E-state index contributed by atoms with van der Waals surface area (Å²) in [5.41, 5.74) is 0. The number of carbonyl (C=O) groups excluding carboxylic acids is 1. The first-order valence-electron chi connectivity index (χ1n) is 10.5. The second-order valence-electron chi connectivity index (χ2n) is 7.83. The van der Waals surface area contributed by atoms with Gasteiger partial charge in [-0.15, -0.1) is 0 Å². The zero-order chi connectivity index (χ0) is 20.0. The molecule has 28 heavy (non-hydrogen) atoms. The summed E-state index contributed by atoms with van der Waals surface area (Å²) in [7, 11) is -3.53. The number of nitrogens with zero attached hydrogens (tertiary/aromatic N) is 1. The fraction of sp³-hybridized carbons (Fsp3) is 0.667. The Morgan fingerprint density at radius 1 is 1.07 bits per heavy atom. The molecule has 0 bridgehead atoms. The molecule has 2 aliphatic rings. The Kier molecular flexibility index (Phi) is 7.35. The van der Waals surface area contributed by atoms with E-state index in [0.717, 1.165) is 6.54 Å². The van der Waals surface area contributed by atoms with Crippen LogP contribution >= 0.6 is 0 Å². The molecule has 156 valence electrons. The Morgan fingerprint density at radius 3 is 2.32 bits per heavy atom. The quantitative estimate of drug-likeness (QED) is 0.752. The lowest BCUT2D eigenvalue weighted by Gasteiger charge is -2.31. The molecule has 1 amide bonds. The first-order valence-corrected chi connectivity index (χ1v) is 12.0. The van der Waals surface area contributed by atoms with Gasteiger partial charge >= 0.3 is 0 Å². The van der Waals surface area contributed by atoms with Crippen molar-refractivity contribution in [2.45, 2.75) is 56.8 Å². The van der Waals surface area contributed by atoms with Gasteiger partial charge in [-0.1, -0.05) is 19.3 Å². The average molecular weight is 409 g/mol. The average Bonchev–Trinajstić information content (AvgIpc) is 2.73. The minimum absolute atomic E-state index is 0.0867. The van der Waals surface area contributed by atoms with Crippen LogP contribution in [0.5, 0.6) is 5.75 Å². The maximum Gasteiger partial charge on any atom is 0.243 e. The summed E-state index contributed by atoms with van der Waals surface area (Å²) < 4.78 is 32.6. The number of hydrogen-bond donors (Lipinski definition) is 1. The molecule has 1 aliphatic carbocycles. The van der Waals surface area contributed by atoms with Crippen LogP contribution in [0.15, 0.2) is 29.2 Å². The number of nitrogens with one attached hydrogen (secondary N) is 1. The SMILES string of the molecule is CCOc1ccc(S(=O)(=O)N2CCC(C(=O)NCC3CCCCC3)CC2)cc1. The van der Waals surface area contributed by atoms with Crippen LogP contribution in [0.2, 0.25) is 0 Å². The molecular weight excluding hydrogens is 376 g/mol. The lowest BCUT2D eigenvalue weighted by molar-refractivity contribution is -0.126. The van der Waals surface area contributed by atoms with E-state index in [9.17, 15) is 13.2 Å². The van der Waals surface area contributed by atoms with Gasteiger partial charge in [0.1, 0.15) is 5.75 Å². The number of hydrogen-bond acceptors (Lipinski definition) is 4. The Labute approximate surface area is 168 Å². The van der Waals surface area contributed by atoms with Crippen LogP contribution in [0.3, 0.4) is 0 Å². The summed E-state index contributed by atoms with van der Waals surface area (Å²) in [6.07, 6.45) is 7.41. The topological polar surface area (TPSA) is 75.7 Å². The van der Waals surface area contributed by atoms with Gasteiger partial charge in [-0.2, -0.15) is 4.31 Å². The molecule has 0 unspecified atom stereocenters. The van der Waals surface area contributed by atoms with Crippen LogP contribution in [0.25, 0.3) is 0 Å². The summed E-state index contributed by atoms with van der Waals surface area (Å²) in [5, 5.41) is 3.10. The Balaban J connectivity index is 1.50. The third kappa shape index (κ3) is 5.26. The molecule has 0 radical (unpaired) electrons. The van der Waals surface area contributed by atoms with Gasteiger partial charge in [0, 0.05) is 25.6 Å². The van der Waals surface area contributed by atoms with Crippen molar-refractivity contribution in [3.63, 3.8) is 0 Å². The van der Waals surface area contributed by atoms with Crippen LogP contribution in [0.4, 0.5) is 0 Å². The van der Waals surface area contributed by atoms with Crippen LogP contribution in [0, 0.1) is 11.8 Å². The molecule has 1 aromatic rings. The molecular formula is C21H32N2O4S. The molecule has 0 atom stereocenters. The van der Waals surface area contributed by atoms with Gasteiger partial charge in [-0.25, -0.2) is 8.42 Å². The third-order valence-electron chi connectivity index (χ3n) is 5.89. The molecule has 3 rings (SSSR count). The van der Waals surface area contributed by atoms with E-state index in [1.54, 1.807) is 24.3 Å². The van der Waals surface area contributed by atoms with Crippen molar-refractivity contribution in [3.8, 4) is 5.75 Å². The third-order valence-corrected chi connectivity index (χ3v) is 7.80. The van der Waals surface area contributed by atoms with Gasteiger partial charge < -0.3 is 10.1 Å². The van der Waals surface area contributed by atoms with E-state index in [0.29, 0.717) is 44.2 Å². The maximum atomic E-state index is 12.8. The van der Waals surface area contributed by atoms with E-state index in [1.807, 2.05) is 6.92 Å². The van der Waals surface area contributed by atoms with E-state index < -0.39 is 10.0 Å². The lowest BCUT2D eigenvalue weighted by atomic mass is 9.89. The Hall–Kier alpha value is -1.60. The summed E-state index contributed by atoms with van der Waals surface area (Å²) in [4.78, 5) is 12.7. The molecule has 1 aromatic carbocycles. The highest BCUT2D eigenvalue weighted by molar-refractivity contribution is 7.89. The molecule has 1 N–H and O–H groups in total. The van der Waals surface area contributed by atoms with Crippen molar-refractivity contribution < 1.29 is 17.9 Å². The van der Waals surface area contributed by atoms with Gasteiger partial charge in [0.05, 0.1) is 11.5 Å². The van der Waals surface area contributed by atoms with Gasteiger partial charge in [0.2, 0.25) is 15.9 Å². The second kappa shape index (κ2) is 9.74. The standard InChI is InChI=1S/C21H32N2O4S/c1-2-27-19-8-10-20(11-9-19)28(25,26)23-14-12-18(13-15-23)21(24)22-16-17-6-4-3-5-7-17/h8-11,17-18H,2-7,12-16H2,1H3,(H,22,24). The summed E-state index contributed by atoms with van der Waals surface area (Å²) in [6, 6.07) is 6.54. The van der Waals surface area contributed by atoms with Gasteiger partial charge in [-0.05, 0) is 62.8 Å². The van der Waals surface area contributed by atoms with Gasteiger partial charge in [-0.3, -0.25) is 4.79 Å². The molecule has 1 saturated carbocycles. The van der Waals surface area contributed by atoms with E-state index in [4.69, 9.17) is 4.74 Å². The lowest BCUT2D eigenvalue weighted by Crippen LogP contribution is -2.43. The van der Waals surface area contributed by atoms with Crippen molar-refractivity contribution in [1.82, 2.24) is 9.62 Å². The summed E-state index contributed by atoms with van der Waals surface area (Å²) in [5.74, 6) is 1.27. The molecule has 0 spiro atoms. The fourth-order valence-corrected chi connectivity index (χ4v) is 5.63. The number of benzene rings is 1. The summed E-state index contributed by atoms with van der Waals surface area (Å²) in [6.45, 7) is 3.97. The van der Waals surface area contributed by atoms with Crippen LogP contribution in [-0.2, 0) is 14.8 Å². The number of carbonyl (C=O) groups is 1. The van der Waals surface area contributed by atoms with Crippen molar-refractivity contribution in [2.24, 2.45) is 11.8 Å². The predicted octanol–water partition coefficient (Wildman–Crippen LogP) is 3.18. The molecule has 6 nitrogen and oxygen atoms in total. The first kappa shape index (κ1) is 21.1. The van der Waals surface area contributed by atoms with E-state index in [2.05, 4.69) is 5.32 Å². The number of piperidine rings is 1. The van der Waals surface area contributed by atoms with Crippen LogP contribution in [0.1, 0.15) is 51.9 Å². The minimum Gasteiger partial charge on any atom is -0.494 e. The van der Waals surface area contributed by atoms with Crippen LogP contribution < -0.4 is 10.1 Å². The maximum absolute atomic E-state index is 12.8. The smallest absolute Gasteiger partial charge is 0.243 e. The molecule has 1 heterocycles. The van der Waals surface area contributed by atoms with Crippen LogP contribution in [-0.4, -0.2) is 44.9 Å². The van der Waals surface area contributed by atoms with E-state index in [-0.39, 0.29) is 16.7 Å². The number of ether oxygens (including phenoxy) is 1. The number of rotatable bonds is 7. The van der Waals surface area contributed by atoms with Crippen molar-refractivity contribution in [1.29, 1.82) is 0 Å². The zero-order valence-electron chi connectivity index (χ0n) is 16.7. The molecule has 0 aromatic heterocycles. The Morgan fingerprint density at radius 2 is 1.71 bits per heavy atom. The van der Waals surface area contributed by atoms with Gasteiger partial charge in [0.25, 0.3) is 0 Å². The van der Waals surface area contributed by atoms with Crippen molar-refractivity contribution in [2.75, 3.05) is 26.2 Å². The highest BCUT2D eigenvalue weighted by atomic mass is 32.2. The predicted molar refractivity (Wildman–Crippen MR) is 109 cm³/mol. The van der Waals surface area contributed by atoms with Crippen molar-refractivity contribution >= 4 is 15.9 Å². The van der Waals surface area contributed by atoms with E-state index >= 15 is 0 Å². The van der Waals surface area contributed by atoms with Gasteiger partial charge in [0.15, 0.2) is 0 Å². The second-order valence-corrected chi connectivity index (χ2v) is 9.77. The molecule has 1 aliphatic heterocycles. The number of sulfonamides is 1.